The van der Waals surface area contributed by atoms with E-state index < -0.39 is 23.6 Å². The summed E-state index contributed by atoms with van der Waals surface area (Å²) in [5.41, 5.74) is 1.11. The Balaban J connectivity index is 2.09. The number of halogens is 3. The summed E-state index contributed by atoms with van der Waals surface area (Å²) in [7, 11) is 1.50. The first-order chi connectivity index (χ1) is 12.8. The van der Waals surface area contributed by atoms with Crippen LogP contribution >= 0.6 is 11.6 Å². The molecule has 0 bridgehead atoms. The minimum Gasteiger partial charge on any atom is -0.493 e. The third-order valence-electron chi connectivity index (χ3n) is 3.77. The van der Waals surface area contributed by atoms with E-state index >= 15 is 0 Å². The lowest BCUT2D eigenvalue weighted by Gasteiger charge is -2.13. The third kappa shape index (κ3) is 5.44. The summed E-state index contributed by atoms with van der Waals surface area (Å²) in [5.74, 6) is -1.38. The SMILES string of the molecule is CCOc1c(Cl)cc(/C=C/C(=O)NC(C)c2ccc(F)c(F)c2)cc1OC. The van der Waals surface area contributed by atoms with E-state index in [1.807, 2.05) is 6.92 Å². The highest BCUT2D eigenvalue weighted by atomic mass is 35.5. The first-order valence-electron chi connectivity index (χ1n) is 8.29. The lowest BCUT2D eigenvalue weighted by molar-refractivity contribution is -0.117. The fourth-order valence-electron chi connectivity index (χ4n) is 2.42. The van der Waals surface area contributed by atoms with Crippen LogP contribution in [0.3, 0.4) is 0 Å². The van der Waals surface area contributed by atoms with Gasteiger partial charge in [-0.2, -0.15) is 0 Å². The van der Waals surface area contributed by atoms with E-state index in [4.69, 9.17) is 21.1 Å². The smallest absolute Gasteiger partial charge is 0.244 e. The van der Waals surface area contributed by atoms with Gasteiger partial charge < -0.3 is 14.8 Å². The van der Waals surface area contributed by atoms with Crippen LogP contribution < -0.4 is 14.8 Å². The summed E-state index contributed by atoms with van der Waals surface area (Å²) >= 11 is 6.19. The Kier molecular flexibility index (Phi) is 7.19. The molecule has 2 rings (SSSR count). The normalized spacial score (nSPS) is 12.1. The average molecular weight is 396 g/mol. The highest BCUT2D eigenvalue weighted by Crippen LogP contribution is 2.36. The molecule has 0 saturated heterocycles. The number of hydrogen-bond donors (Lipinski definition) is 1. The summed E-state index contributed by atoms with van der Waals surface area (Å²) < 4.78 is 37.0. The summed E-state index contributed by atoms with van der Waals surface area (Å²) in [4.78, 5) is 12.1. The fraction of sp³-hybridized carbons (Fsp3) is 0.250. The highest BCUT2D eigenvalue weighted by Gasteiger charge is 2.12. The van der Waals surface area contributed by atoms with Crippen LogP contribution in [0.4, 0.5) is 8.78 Å². The third-order valence-corrected chi connectivity index (χ3v) is 4.05. The lowest BCUT2D eigenvalue weighted by atomic mass is 10.1. The lowest BCUT2D eigenvalue weighted by Crippen LogP contribution is -2.24. The molecule has 0 aliphatic carbocycles. The molecule has 0 radical (unpaired) electrons. The molecular weight excluding hydrogens is 376 g/mol. The van der Waals surface area contributed by atoms with Crippen molar-refractivity contribution in [2.24, 2.45) is 0 Å². The Labute approximate surface area is 161 Å². The van der Waals surface area contributed by atoms with Crippen molar-refractivity contribution in [1.29, 1.82) is 0 Å². The van der Waals surface area contributed by atoms with Gasteiger partial charge in [0.2, 0.25) is 5.91 Å². The molecule has 1 amide bonds. The Morgan fingerprint density at radius 3 is 2.63 bits per heavy atom. The average Bonchev–Trinajstić information content (AvgIpc) is 2.64. The Morgan fingerprint density at radius 2 is 2.00 bits per heavy atom. The molecule has 0 aliphatic rings. The van der Waals surface area contributed by atoms with Gasteiger partial charge in [0.15, 0.2) is 23.1 Å². The molecule has 144 valence electrons. The van der Waals surface area contributed by atoms with E-state index in [1.54, 1.807) is 25.1 Å². The molecule has 27 heavy (non-hydrogen) atoms. The maximum absolute atomic E-state index is 13.3. The van der Waals surface area contributed by atoms with Crippen LogP contribution in [-0.2, 0) is 4.79 Å². The summed E-state index contributed by atoms with van der Waals surface area (Å²) in [6, 6.07) is 6.36. The molecule has 4 nitrogen and oxygen atoms in total. The van der Waals surface area contributed by atoms with Gasteiger partial charge >= 0.3 is 0 Å². The zero-order chi connectivity index (χ0) is 20.0. The molecule has 2 aromatic carbocycles. The zero-order valence-corrected chi connectivity index (χ0v) is 15.9. The molecule has 0 aromatic heterocycles. The van der Waals surface area contributed by atoms with E-state index in [-0.39, 0.29) is 0 Å². The fourth-order valence-corrected chi connectivity index (χ4v) is 2.69. The summed E-state index contributed by atoms with van der Waals surface area (Å²) in [6.07, 6.45) is 2.89. The van der Waals surface area contributed by atoms with Crippen molar-refractivity contribution < 1.29 is 23.0 Å². The van der Waals surface area contributed by atoms with Gasteiger partial charge in [-0.25, -0.2) is 8.78 Å². The number of hydrogen-bond acceptors (Lipinski definition) is 3. The van der Waals surface area contributed by atoms with Gasteiger partial charge in [0.25, 0.3) is 0 Å². The van der Waals surface area contributed by atoms with Crippen LogP contribution in [0.1, 0.15) is 31.0 Å². The second-order valence-electron chi connectivity index (χ2n) is 5.70. The van der Waals surface area contributed by atoms with Crippen LogP contribution in [0.15, 0.2) is 36.4 Å². The molecule has 2 aromatic rings. The van der Waals surface area contributed by atoms with E-state index in [0.717, 1.165) is 12.1 Å². The maximum Gasteiger partial charge on any atom is 0.244 e. The van der Waals surface area contributed by atoms with Crippen LogP contribution in [0.25, 0.3) is 6.08 Å². The van der Waals surface area contributed by atoms with E-state index in [2.05, 4.69) is 5.32 Å². The molecular formula is C20H20ClF2NO3. The van der Waals surface area contributed by atoms with Crippen LogP contribution in [0, 0.1) is 11.6 Å². The van der Waals surface area contributed by atoms with E-state index in [1.165, 1.54) is 19.3 Å². The number of carbonyl (C=O) groups excluding carboxylic acids is 1. The quantitative estimate of drug-likeness (QED) is 0.677. The van der Waals surface area contributed by atoms with Gasteiger partial charge in [-0.3, -0.25) is 4.79 Å². The first kappa shape index (κ1) is 20.7. The Hall–Kier alpha value is -2.60. The highest BCUT2D eigenvalue weighted by molar-refractivity contribution is 6.32. The van der Waals surface area contributed by atoms with Gasteiger partial charge in [0.05, 0.1) is 24.8 Å². The van der Waals surface area contributed by atoms with Gasteiger partial charge in [-0.1, -0.05) is 17.7 Å². The predicted molar refractivity (Wildman–Crippen MR) is 101 cm³/mol. The second kappa shape index (κ2) is 9.37. The molecule has 1 atom stereocenters. The van der Waals surface area contributed by atoms with Crippen molar-refractivity contribution in [3.8, 4) is 11.5 Å². The van der Waals surface area contributed by atoms with Gasteiger partial charge in [0, 0.05) is 6.08 Å². The van der Waals surface area contributed by atoms with Crippen molar-refractivity contribution in [2.45, 2.75) is 19.9 Å². The summed E-state index contributed by atoms with van der Waals surface area (Å²) in [5, 5.41) is 3.05. The molecule has 0 spiro atoms. The van der Waals surface area contributed by atoms with Crippen molar-refractivity contribution in [3.63, 3.8) is 0 Å². The summed E-state index contributed by atoms with van der Waals surface area (Å²) in [6.45, 7) is 3.95. The monoisotopic (exact) mass is 395 g/mol. The van der Waals surface area contributed by atoms with Crippen molar-refractivity contribution in [1.82, 2.24) is 5.32 Å². The molecule has 0 saturated carbocycles. The van der Waals surface area contributed by atoms with Crippen molar-refractivity contribution >= 4 is 23.6 Å². The molecule has 0 heterocycles. The molecule has 0 aliphatic heterocycles. The molecule has 7 heteroatoms. The number of carbonyl (C=O) groups is 1. The van der Waals surface area contributed by atoms with Gasteiger partial charge in [0.1, 0.15) is 0 Å². The topological polar surface area (TPSA) is 47.6 Å². The number of nitrogens with one attached hydrogen (secondary N) is 1. The van der Waals surface area contributed by atoms with Crippen LogP contribution in [-0.4, -0.2) is 19.6 Å². The number of methoxy groups -OCH3 is 1. The number of benzene rings is 2. The standard InChI is InChI=1S/C20H20ClF2NO3/c1-4-27-20-15(21)9-13(10-18(20)26-3)5-8-19(25)24-12(2)14-6-7-16(22)17(23)11-14/h5-12H,4H2,1-3H3,(H,24,25)/b8-5+. The van der Waals surface area contributed by atoms with Crippen molar-refractivity contribution in [3.05, 3.63) is 64.2 Å². The number of rotatable bonds is 7. The van der Waals surface area contributed by atoms with Crippen LogP contribution in [0.5, 0.6) is 11.5 Å². The van der Waals surface area contributed by atoms with Gasteiger partial charge in [-0.05, 0) is 55.3 Å². The van der Waals surface area contributed by atoms with Crippen LogP contribution in [0.2, 0.25) is 5.02 Å². The minimum absolute atomic E-state index is 0.367. The zero-order valence-electron chi connectivity index (χ0n) is 15.2. The van der Waals surface area contributed by atoms with E-state index in [9.17, 15) is 13.6 Å². The minimum atomic E-state index is -0.958. The predicted octanol–water partition coefficient (Wildman–Crippen LogP) is 4.92. The largest absolute Gasteiger partial charge is 0.493 e. The number of ether oxygens (including phenoxy) is 2. The van der Waals surface area contributed by atoms with Gasteiger partial charge in [-0.15, -0.1) is 0 Å². The molecule has 1 N–H and O–H groups in total. The Morgan fingerprint density at radius 1 is 1.26 bits per heavy atom. The first-order valence-corrected chi connectivity index (χ1v) is 8.67. The number of amides is 1. The second-order valence-corrected chi connectivity index (χ2v) is 6.11. The molecule has 0 fully saturated rings. The van der Waals surface area contributed by atoms with E-state index in [0.29, 0.717) is 34.3 Å². The molecule has 1 unspecified atom stereocenters. The Bertz CT molecular complexity index is 855. The maximum atomic E-state index is 13.3. The van der Waals surface area contributed by atoms with Crippen molar-refractivity contribution in [2.75, 3.05) is 13.7 Å².